The van der Waals surface area contributed by atoms with Gasteiger partial charge in [0.2, 0.25) is 0 Å². The smallest absolute Gasteiger partial charge is 0.0207 e. The fourth-order valence-corrected chi connectivity index (χ4v) is 2.70. The van der Waals surface area contributed by atoms with E-state index < -0.39 is 0 Å². The molecule has 3 nitrogen and oxygen atoms in total. The minimum atomic E-state index is 0.759. The lowest BCUT2D eigenvalue weighted by atomic mass is 9.97. The van der Waals surface area contributed by atoms with Crippen LogP contribution in [0.2, 0.25) is 0 Å². The highest BCUT2D eigenvalue weighted by molar-refractivity contribution is 4.81. The molecule has 15 heavy (non-hydrogen) atoms. The van der Waals surface area contributed by atoms with Crippen LogP contribution in [0.15, 0.2) is 0 Å². The van der Waals surface area contributed by atoms with E-state index in [9.17, 15) is 0 Å². The van der Waals surface area contributed by atoms with Gasteiger partial charge < -0.3 is 15.1 Å². The summed E-state index contributed by atoms with van der Waals surface area (Å²) in [5.74, 6) is 0.923. The minimum absolute atomic E-state index is 0.759. The van der Waals surface area contributed by atoms with Crippen LogP contribution in [-0.2, 0) is 0 Å². The molecule has 88 valence electrons. The molecule has 2 fully saturated rings. The summed E-state index contributed by atoms with van der Waals surface area (Å²) in [6.45, 7) is 6.33. The van der Waals surface area contributed by atoms with Gasteiger partial charge in [-0.25, -0.2) is 0 Å². The molecule has 0 amide bonds. The number of likely N-dealkylation sites (N-methyl/N-ethyl adjacent to an activating group) is 1. The van der Waals surface area contributed by atoms with E-state index in [0.29, 0.717) is 0 Å². The van der Waals surface area contributed by atoms with Crippen molar-refractivity contribution in [1.29, 1.82) is 0 Å². The molecule has 2 heterocycles. The van der Waals surface area contributed by atoms with Gasteiger partial charge in [0.25, 0.3) is 0 Å². The Labute approximate surface area is 93.8 Å². The third kappa shape index (κ3) is 3.44. The van der Waals surface area contributed by atoms with E-state index in [1.54, 1.807) is 0 Å². The van der Waals surface area contributed by atoms with E-state index in [4.69, 9.17) is 0 Å². The number of hydrogen-bond acceptors (Lipinski definition) is 3. The third-order valence-corrected chi connectivity index (χ3v) is 3.92. The molecular weight excluding hydrogens is 186 g/mol. The summed E-state index contributed by atoms with van der Waals surface area (Å²) in [7, 11) is 4.45. The molecule has 3 heteroatoms. The Kier molecular flexibility index (Phi) is 4.00. The van der Waals surface area contributed by atoms with Gasteiger partial charge in [0.15, 0.2) is 0 Å². The first kappa shape index (κ1) is 11.4. The number of rotatable bonds is 3. The van der Waals surface area contributed by atoms with Crippen molar-refractivity contribution in [3.05, 3.63) is 0 Å². The SMILES string of the molecule is CN1CCC(CNC2CCN(C)C2)CC1. The third-order valence-electron chi connectivity index (χ3n) is 3.92. The molecule has 2 saturated heterocycles. The standard InChI is InChI=1S/C12H25N3/c1-14-6-3-11(4-7-14)9-13-12-5-8-15(2)10-12/h11-13H,3-10H2,1-2H3. The maximum absolute atomic E-state index is 3.74. The number of piperidine rings is 1. The summed E-state index contributed by atoms with van der Waals surface area (Å²) in [6, 6.07) is 0.759. The van der Waals surface area contributed by atoms with E-state index in [1.165, 1.54) is 52.0 Å². The highest BCUT2D eigenvalue weighted by Crippen LogP contribution is 2.15. The van der Waals surface area contributed by atoms with Crippen LogP contribution >= 0.6 is 0 Å². The molecule has 1 N–H and O–H groups in total. The second kappa shape index (κ2) is 5.28. The molecule has 0 radical (unpaired) electrons. The van der Waals surface area contributed by atoms with Gasteiger partial charge in [-0.1, -0.05) is 0 Å². The molecule has 0 aromatic rings. The van der Waals surface area contributed by atoms with Crippen LogP contribution in [0.4, 0.5) is 0 Å². The topological polar surface area (TPSA) is 18.5 Å². The summed E-state index contributed by atoms with van der Waals surface area (Å²) in [5, 5.41) is 3.74. The van der Waals surface area contributed by atoms with E-state index >= 15 is 0 Å². The van der Waals surface area contributed by atoms with Crippen LogP contribution in [0.5, 0.6) is 0 Å². The van der Waals surface area contributed by atoms with Gasteiger partial charge >= 0.3 is 0 Å². The predicted molar refractivity (Wildman–Crippen MR) is 64.1 cm³/mol. The molecule has 0 aromatic carbocycles. The Morgan fingerprint density at radius 1 is 1.00 bits per heavy atom. The van der Waals surface area contributed by atoms with Gasteiger partial charge in [0.05, 0.1) is 0 Å². The van der Waals surface area contributed by atoms with Crippen molar-refractivity contribution in [1.82, 2.24) is 15.1 Å². The zero-order chi connectivity index (χ0) is 10.7. The minimum Gasteiger partial charge on any atom is -0.312 e. The molecule has 0 spiro atoms. The summed E-state index contributed by atoms with van der Waals surface area (Å²) in [6.07, 6.45) is 4.10. The summed E-state index contributed by atoms with van der Waals surface area (Å²) < 4.78 is 0. The first-order valence-electron chi connectivity index (χ1n) is 6.34. The Balaban J connectivity index is 1.61. The van der Waals surface area contributed by atoms with Crippen LogP contribution in [0.1, 0.15) is 19.3 Å². The number of hydrogen-bond donors (Lipinski definition) is 1. The Hall–Kier alpha value is -0.120. The first-order valence-corrected chi connectivity index (χ1v) is 6.34. The van der Waals surface area contributed by atoms with E-state index in [0.717, 1.165) is 12.0 Å². The fourth-order valence-electron chi connectivity index (χ4n) is 2.70. The van der Waals surface area contributed by atoms with Gasteiger partial charge in [0, 0.05) is 12.6 Å². The molecule has 0 saturated carbocycles. The summed E-state index contributed by atoms with van der Waals surface area (Å²) in [4.78, 5) is 4.87. The highest BCUT2D eigenvalue weighted by Gasteiger charge is 2.21. The molecule has 2 aliphatic heterocycles. The lowest BCUT2D eigenvalue weighted by Gasteiger charge is -2.29. The van der Waals surface area contributed by atoms with Crippen molar-refractivity contribution < 1.29 is 0 Å². The second-order valence-corrected chi connectivity index (χ2v) is 5.40. The van der Waals surface area contributed by atoms with E-state index in [1.807, 2.05) is 0 Å². The van der Waals surface area contributed by atoms with E-state index in [-0.39, 0.29) is 0 Å². The Bertz CT molecular complexity index is 187. The second-order valence-electron chi connectivity index (χ2n) is 5.40. The van der Waals surface area contributed by atoms with Gasteiger partial charge in [0.1, 0.15) is 0 Å². The number of nitrogens with one attached hydrogen (secondary N) is 1. The molecule has 2 aliphatic rings. The van der Waals surface area contributed by atoms with Crippen LogP contribution in [-0.4, -0.2) is 62.7 Å². The van der Waals surface area contributed by atoms with Crippen molar-refractivity contribution in [2.24, 2.45) is 5.92 Å². The average Bonchev–Trinajstić information content (AvgIpc) is 2.64. The van der Waals surface area contributed by atoms with Gasteiger partial charge in [-0.2, -0.15) is 0 Å². The van der Waals surface area contributed by atoms with Crippen molar-refractivity contribution in [3.8, 4) is 0 Å². The maximum Gasteiger partial charge on any atom is 0.0207 e. The Morgan fingerprint density at radius 3 is 2.27 bits per heavy atom. The summed E-state index contributed by atoms with van der Waals surface area (Å²) in [5.41, 5.74) is 0. The number of nitrogens with zero attached hydrogens (tertiary/aromatic N) is 2. The molecule has 0 aliphatic carbocycles. The Morgan fingerprint density at radius 2 is 1.67 bits per heavy atom. The first-order chi connectivity index (χ1) is 7.24. The average molecular weight is 211 g/mol. The van der Waals surface area contributed by atoms with Crippen molar-refractivity contribution >= 4 is 0 Å². The van der Waals surface area contributed by atoms with Crippen molar-refractivity contribution in [3.63, 3.8) is 0 Å². The van der Waals surface area contributed by atoms with Gasteiger partial charge in [-0.15, -0.1) is 0 Å². The molecule has 1 unspecified atom stereocenters. The van der Waals surface area contributed by atoms with Gasteiger partial charge in [-0.3, -0.25) is 0 Å². The zero-order valence-electron chi connectivity index (χ0n) is 10.2. The normalized spacial score (nSPS) is 31.2. The summed E-state index contributed by atoms with van der Waals surface area (Å²) >= 11 is 0. The van der Waals surface area contributed by atoms with Crippen LogP contribution in [0.3, 0.4) is 0 Å². The quantitative estimate of drug-likeness (QED) is 0.738. The fraction of sp³-hybridized carbons (Fsp3) is 1.00. The maximum atomic E-state index is 3.74. The lowest BCUT2D eigenvalue weighted by Crippen LogP contribution is -2.39. The zero-order valence-corrected chi connectivity index (χ0v) is 10.2. The molecular formula is C12H25N3. The number of likely N-dealkylation sites (tertiary alicyclic amines) is 2. The molecule has 0 aromatic heterocycles. The molecule has 1 atom stereocenters. The van der Waals surface area contributed by atoms with Gasteiger partial charge in [-0.05, 0) is 65.5 Å². The van der Waals surface area contributed by atoms with E-state index in [2.05, 4.69) is 29.2 Å². The van der Waals surface area contributed by atoms with Crippen molar-refractivity contribution in [2.75, 3.05) is 46.8 Å². The van der Waals surface area contributed by atoms with Crippen LogP contribution < -0.4 is 5.32 Å². The van der Waals surface area contributed by atoms with Crippen molar-refractivity contribution in [2.45, 2.75) is 25.3 Å². The monoisotopic (exact) mass is 211 g/mol. The highest BCUT2D eigenvalue weighted by atomic mass is 15.2. The predicted octanol–water partition coefficient (Wildman–Crippen LogP) is 0.622. The molecule has 2 rings (SSSR count). The largest absolute Gasteiger partial charge is 0.312 e. The van der Waals surface area contributed by atoms with Crippen LogP contribution in [0, 0.1) is 5.92 Å². The molecule has 0 bridgehead atoms. The van der Waals surface area contributed by atoms with Crippen LogP contribution in [0.25, 0.3) is 0 Å². The lowest BCUT2D eigenvalue weighted by molar-refractivity contribution is 0.212.